The average Bonchev–Trinajstić information content (AvgIpc) is 2.77. The van der Waals surface area contributed by atoms with Gasteiger partial charge in [-0.05, 0) is 25.1 Å². The summed E-state index contributed by atoms with van der Waals surface area (Å²) in [5.41, 5.74) is 6.25. The molecule has 2 aromatic rings. The normalized spacial score (nSPS) is 10.2. The van der Waals surface area contributed by atoms with Crippen molar-refractivity contribution in [1.82, 2.24) is 4.90 Å². The molecule has 0 aliphatic rings. The van der Waals surface area contributed by atoms with Crippen molar-refractivity contribution in [2.24, 2.45) is 5.73 Å². The van der Waals surface area contributed by atoms with Crippen molar-refractivity contribution in [2.45, 2.75) is 19.4 Å². The molecule has 2 N–H and O–H groups in total. The van der Waals surface area contributed by atoms with Crippen LogP contribution in [-0.4, -0.2) is 24.4 Å². The number of fused-ring (bicyclic) bond motifs is 1. The van der Waals surface area contributed by atoms with Crippen molar-refractivity contribution >= 4 is 29.3 Å². The number of hydrogen-bond acceptors (Lipinski definition) is 3. The maximum Gasteiger partial charge on any atom is 0.222 e. The molecule has 1 heterocycles. The molecule has 1 aromatic carbocycles. The quantitative estimate of drug-likeness (QED) is 0.917. The fourth-order valence-corrected chi connectivity index (χ4v) is 1.88. The molecule has 104 valence electrons. The minimum atomic E-state index is 0. The molecular weight excluding hydrogens is 264 g/mol. The molecule has 0 bridgehead atoms. The van der Waals surface area contributed by atoms with Gasteiger partial charge in [-0.25, -0.2) is 0 Å². The zero-order valence-corrected chi connectivity index (χ0v) is 11.8. The molecule has 0 aliphatic carbocycles. The second kappa shape index (κ2) is 7.16. The molecule has 19 heavy (non-hydrogen) atoms. The predicted molar refractivity (Wildman–Crippen MR) is 78.2 cm³/mol. The molecule has 1 aromatic heterocycles. The van der Waals surface area contributed by atoms with Gasteiger partial charge in [0.2, 0.25) is 5.91 Å². The summed E-state index contributed by atoms with van der Waals surface area (Å²) >= 11 is 0. The van der Waals surface area contributed by atoms with E-state index in [2.05, 4.69) is 0 Å². The van der Waals surface area contributed by atoms with E-state index in [1.165, 1.54) is 0 Å². The standard InChI is InChI=1S/C14H18N2O2.ClH/c1-16(14(17)7-4-8-15)10-12-9-11-5-2-3-6-13(11)18-12;/h2-3,5-6,9H,4,7-8,10,15H2,1H3;1H. The first-order chi connectivity index (χ1) is 8.70. The number of benzene rings is 1. The van der Waals surface area contributed by atoms with Gasteiger partial charge in [-0.1, -0.05) is 18.2 Å². The first kappa shape index (κ1) is 15.5. The average molecular weight is 283 g/mol. The zero-order chi connectivity index (χ0) is 13.0. The summed E-state index contributed by atoms with van der Waals surface area (Å²) in [7, 11) is 1.78. The Morgan fingerprint density at radius 3 is 2.79 bits per heavy atom. The van der Waals surface area contributed by atoms with Gasteiger partial charge in [0, 0.05) is 18.9 Å². The first-order valence-electron chi connectivity index (χ1n) is 6.12. The second-order valence-corrected chi connectivity index (χ2v) is 4.39. The van der Waals surface area contributed by atoms with Gasteiger partial charge < -0.3 is 15.1 Å². The van der Waals surface area contributed by atoms with Crippen LogP contribution in [0.5, 0.6) is 0 Å². The number of nitrogens with zero attached hydrogens (tertiary/aromatic N) is 1. The van der Waals surface area contributed by atoms with Crippen LogP contribution in [0.15, 0.2) is 34.7 Å². The van der Waals surface area contributed by atoms with Crippen molar-refractivity contribution in [3.8, 4) is 0 Å². The predicted octanol–water partition coefficient (Wildman–Crippen LogP) is 2.55. The molecule has 0 fully saturated rings. The second-order valence-electron chi connectivity index (χ2n) is 4.39. The maximum absolute atomic E-state index is 11.8. The smallest absolute Gasteiger partial charge is 0.222 e. The molecule has 0 aliphatic heterocycles. The number of carbonyl (C=O) groups is 1. The minimum absolute atomic E-state index is 0. The maximum atomic E-state index is 11.8. The van der Waals surface area contributed by atoms with Crippen LogP contribution in [0, 0.1) is 0 Å². The largest absolute Gasteiger partial charge is 0.459 e. The number of rotatable bonds is 5. The zero-order valence-electron chi connectivity index (χ0n) is 11.0. The number of carbonyl (C=O) groups excluding carboxylic acids is 1. The number of halogens is 1. The Morgan fingerprint density at radius 2 is 2.11 bits per heavy atom. The van der Waals surface area contributed by atoms with E-state index in [-0.39, 0.29) is 18.3 Å². The minimum Gasteiger partial charge on any atom is -0.459 e. The summed E-state index contributed by atoms with van der Waals surface area (Å²) in [6.45, 7) is 1.04. The van der Waals surface area contributed by atoms with Crippen molar-refractivity contribution in [2.75, 3.05) is 13.6 Å². The third kappa shape index (κ3) is 3.98. The van der Waals surface area contributed by atoms with Crippen LogP contribution in [0.25, 0.3) is 11.0 Å². The van der Waals surface area contributed by atoms with Gasteiger partial charge in [-0.15, -0.1) is 12.4 Å². The van der Waals surface area contributed by atoms with Crippen molar-refractivity contribution < 1.29 is 9.21 Å². The fraction of sp³-hybridized carbons (Fsp3) is 0.357. The van der Waals surface area contributed by atoms with Crippen LogP contribution in [0.1, 0.15) is 18.6 Å². The summed E-state index contributed by atoms with van der Waals surface area (Å²) in [4.78, 5) is 13.4. The molecule has 4 nitrogen and oxygen atoms in total. The summed E-state index contributed by atoms with van der Waals surface area (Å²) in [6, 6.07) is 9.80. The van der Waals surface area contributed by atoms with Crippen LogP contribution in [0.3, 0.4) is 0 Å². The SMILES string of the molecule is CN(Cc1cc2ccccc2o1)C(=O)CCCN.Cl. The lowest BCUT2D eigenvalue weighted by Gasteiger charge is -2.15. The highest BCUT2D eigenvalue weighted by Crippen LogP contribution is 2.19. The molecule has 0 unspecified atom stereocenters. The van der Waals surface area contributed by atoms with Gasteiger partial charge >= 0.3 is 0 Å². The van der Waals surface area contributed by atoms with Gasteiger partial charge in [0.15, 0.2) is 0 Å². The van der Waals surface area contributed by atoms with Gasteiger partial charge in [-0.3, -0.25) is 4.79 Å². The molecule has 0 spiro atoms. The highest BCUT2D eigenvalue weighted by Gasteiger charge is 2.11. The monoisotopic (exact) mass is 282 g/mol. The molecule has 5 heteroatoms. The lowest BCUT2D eigenvalue weighted by molar-refractivity contribution is -0.130. The molecule has 0 saturated carbocycles. The Morgan fingerprint density at radius 1 is 1.37 bits per heavy atom. The fourth-order valence-electron chi connectivity index (χ4n) is 1.88. The van der Waals surface area contributed by atoms with E-state index in [0.717, 1.165) is 23.2 Å². The Kier molecular flexibility index (Phi) is 5.86. The lowest BCUT2D eigenvalue weighted by atomic mass is 10.2. The number of hydrogen-bond donors (Lipinski definition) is 1. The van der Waals surface area contributed by atoms with E-state index >= 15 is 0 Å². The number of amides is 1. The van der Waals surface area contributed by atoms with E-state index in [1.54, 1.807) is 11.9 Å². The van der Waals surface area contributed by atoms with Crippen molar-refractivity contribution in [1.29, 1.82) is 0 Å². The topological polar surface area (TPSA) is 59.5 Å². The van der Waals surface area contributed by atoms with Crippen LogP contribution < -0.4 is 5.73 Å². The Hall–Kier alpha value is -1.52. The molecule has 1 amide bonds. The van der Waals surface area contributed by atoms with Crippen molar-refractivity contribution in [3.63, 3.8) is 0 Å². The molecule has 0 radical (unpaired) electrons. The van der Waals surface area contributed by atoms with Gasteiger partial charge in [-0.2, -0.15) is 0 Å². The third-order valence-corrected chi connectivity index (χ3v) is 2.89. The Labute approximate surface area is 119 Å². The van der Waals surface area contributed by atoms with Gasteiger partial charge in [0.05, 0.1) is 6.54 Å². The van der Waals surface area contributed by atoms with Crippen LogP contribution in [-0.2, 0) is 11.3 Å². The molecule has 2 rings (SSSR count). The highest BCUT2D eigenvalue weighted by molar-refractivity contribution is 5.85. The van der Waals surface area contributed by atoms with E-state index < -0.39 is 0 Å². The lowest BCUT2D eigenvalue weighted by Crippen LogP contribution is -2.26. The number of nitrogens with two attached hydrogens (primary N) is 1. The Bertz CT molecular complexity index is 506. The van der Waals surface area contributed by atoms with E-state index in [4.69, 9.17) is 10.2 Å². The first-order valence-corrected chi connectivity index (χ1v) is 6.12. The van der Waals surface area contributed by atoms with Crippen LogP contribution in [0.2, 0.25) is 0 Å². The van der Waals surface area contributed by atoms with E-state index in [9.17, 15) is 4.79 Å². The summed E-state index contributed by atoms with van der Waals surface area (Å²) in [5.74, 6) is 0.903. The van der Waals surface area contributed by atoms with Crippen LogP contribution >= 0.6 is 12.4 Å². The Balaban J connectivity index is 0.00000180. The van der Waals surface area contributed by atoms with E-state index in [0.29, 0.717) is 19.5 Å². The molecule has 0 atom stereocenters. The van der Waals surface area contributed by atoms with Gasteiger partial charge in [0.25, 0.3) is 0 Å². The van der Waals surface area contributed by atoms with Crippen LogP contribution in [0.4, 0.5) is 0 Å². The van der Waals surface area contributed by atoms with Gasteiger partial charge in [0.1, 0.15) is 11.3 Å². The summed E-state index contributed by atoms with van der Waals surface area (Å²) in [6.07, 6.45) is 1.22. The van der Waals surface area contributed by atoms with Crippen molar-refractivity contribution in [3.05, 3.63) is 36.1 Å². The molecular formula is C14H19ClN2O2. The number of furan rings is 1. The summed E-state index contributed by atoms with van der Waals surface area (Å²) in [5, 5.41) is 1.07. The third-order valence-electron chi connectivity index (χ3n) is 2.89. The molecule has 0 saturated heterocycles. The van der Waals surface area contributed by atoms with E-state index in [1.807, 2.05) is 30.3 Å². The number of para-hydroxylation sites is 1. The summed E-state index contributed by atoms with van der Waals surface area (Å²) < 4.78 is 5.67. The highest BCUT2D eigenvalue weighted by atomic mass is 35.5.